The highest BCUT2D eigenvalue weighted by Gasteiger charge is 2.28. The van der Waals surface area contributed by atoms with Crippen LogP contribution in [-0.2, 0) is 9.53 Å². The van der Waals surface area contributed by atoms with Crippen molar-refractivity contribution in [2.24, 2.45) is 11.8 Å². The van der Waals surface area contributed by atoms with Crippen molar-refractivity contribution >= 4 is 5.91 Å². The van der Waals surface area contributed by atoms with Gasteiger partial charge in [0.25, 0.3) is 0 Å². The Morgan fingerprint density at radius 1 is 1.17 bits per heavy atom. The van der Waals surface area contributed by atoms with Gasteiger partial charge in [-0.1, -0.05) is 11.6 Å². The van der Waals surface area contributed by atoms with Gasteiger partial charge in [-0.05, 0) is 58.7 Å². The number of allylic oxidation sites excluding steroid dienone is 1. The minimum absolute atomic E-state index is 0.166. The molecule has 1 N–H and O–H groups in total. The van der Waals surface area contributed by atoms with Crippen molar-refractivity contribution in [1.82, 2.24) is 15.1 Å². The SMILES string of the molecule is COCCN1CCC(C(=O)NCC2CCN(CC=C(C)C)CC2)C1. The van der Waals surface area contributed by atoms with E-state index in [1.165, 1.54) is 18.4 Å². The van der Waals surface area contributed by atoms with Gasteiger partial charge in [-0.25, -0.2) is 0 Å². The summed E-state index contributed by atoms with van der Waals surface area (Å²) >= 11 is 0. The van der Waals surface area contributed by atoms with E-state index in [1.807, 2.05) is 0 Å². The van der Waals surface area contributed by atoms with Crippen molar-refractivity contribution in [3.8, 4) is 0 Å². The van der Waals surface area contributed by atoms with E-state index < -0.39 is 0 Å². The van der Waals surface area contributed by atoms with Gasteiger partial charge < -0.3 is 15.0 Å². The van der Waals surface area contributed by atoms with E-state index in [0.717, 1.165) is 58.8 Å². The summed E-state index contributed by atoms with van der Waals surface area (Å²) in [6.45, 7) is 12.1. The van der Waals surface area contributed by atoms with Crippen LogP contribution in [-0.4, -0.2) is 75.2 Å². The van der Waals surface area contributed by atoms with Crippen molar-refractivity contribution < 1.29 is 9.53 Å². The first-order valence-electron chi connectivity index (χ1n) is 9.43. The number of ether oxygens (including phenoxy) is 1. The summed E-state index contributed by atoms with van der Waals surface area (Å²) < 4.78 is 5.12. The predicted octanol–water partition coefficient (Wildman–Crippen LogP) is 1.75. The first-order chi connectivity index (χ1) is 11.6. The average Bonchev–Trinajstić information content (AvgIpc) is 3.06. The zero-order valence-electron chi connectivity index (χ0n) is 15.7. The molecule has 0 bridgehead atoms. The molecule has 0 radical (unpaired) electrons. The van der Waals surface area contributed by atoms with E-state index in [-0.39, 0.29) is 11.8 Å². The number of carbonyl (C=O) groups is 1. The maximum Gasteiger partial charge on any atom is 0.224 e. The Bertz CT molecular complexity index is 413. The van der Waals surface area contributed by atoms with Gasteiger partial charge >= 0.3 is 0 Å². The van der Waals surface area contributed by atoms with Crippen LogP contribution >= 0.6 is 0 Å². The molecule has 2 aliphatic heterocycles. The van der Waals surface area contributed by atoms with Crippen LogP contribution in [0, 0.1) is 11.8 Å². The molecule has 5 nitrogen and oxygen atoms in total. The Morgan fingerprint density at radius 3 is 2.54 bits per heavy atom. The second-order valence-corrected chi connectivity index (χ2v) is 7.55. The molecule has 0 aliphatic carbocycles. The number of likely N-dealkylation sites (tertiary alicyclic amines) is 2. The van der Waals surface area contributed by atoms with Crippen LogP contribution in [0.15, 0.2) is 11.6 Å². The van der Waals surface area contributed by atoms with Gasteiger partial charge in [-0.15, -0.1) is 0 Å². The van der Waals surface area contributed by atoms with E-state index in [1.54, 1.807) is 7.11 Å². The number of piperidine rings is 1. The van der Waals surface area contributed by atoms with Crippen molar-refractivity contribution in [2.75, 3.05) is 59.5 Å². The number of hydrogen-bond acceptors (Lipinski definition) is 4. The standard InChI is InChI=1S/C19H35N3O2/c1-16(2)4-8-21-9-5-17(6-10-21)14-20-19(23)18-7-11-22(15-18)12-13-24-3/h4,17-18H,5-15H2,1-3H3,(H,20,23). The first kappa shape index (κ1) is 19.4. The maximum atomic E-state index is 12.4. The molecule has 1 unspecified atom stereocenters. The summed E-state index contributed by atoms with van der Waals surface area (Å²) in [5.74, 6) is 1.06. The summed E-state index contributed by atoms with van der Waals surface area (Å²) in [5, 5.41) is 3.21. The summed E-state index contributed by atoms with van der Waals surface area (Å²) in [6, 6.07) is 0. The minimum Gasteiger partial charge on any atom is -0.383 e. The number of carbonyl (C=O) groups excluding carboxylic acids is 1. The smallest absolute Gasteiger partial charge is 0.224 e. The number of methoxy groups -OCH3 is 1. The van der Waals surface area contributed by atoms with Gasteiger partial charge in [0.1, 0.15) is 0 Å². The number of hydrogen-bond donors (Lipinski definition) is 1. The lowest BCUT2D eigenvalue weighted by atomic mass is 9.96. The summed E-state index contributed by atoms with van der Waals surface area (Å²) in [6.07, 6.45) is 5.68. The zero-order chi connectivity index (χ0) is 17.4. The van der Waals surface area contributed by atoms with Gasteiger partial charge in [0.15, 0.2) is 0 Å². The molecule has 2 saturated heterocycles. The molecule has 0 aromatic heterocycles. The molecular formula is C19H35N3O2. The van der Waals surface area contributed by atoms with Gasteiger partial charge in [0.2, 0.25) is 5.91 Å². The molecular weight excluding hydrogens is 302 g/mol. The van der Waals surface area contributed by atoms with Gasteiger partial charge in [-0.2, -0.15) is 0 Å². The quantitative estimate of drug-likeness (QED) is 0.686. The Kier molecular flexibility index (Phi) is 8.22. The molecule has 2 heterocycles. The van der Waals surface area contributed by atoms with Gasteiger partial charge in [-0.3, -0.25) is 9.69 Å². The van der Waals surface area contributed by atoms with Gasteiger partial charge in [0.05, 0.1) is 12.5 Å². The van der Waals surface area contributed by atoms with Crippen LogP contribution < -0.4 is 5.32 Å². The van der Waals surface area contributed by atoms with Gasteiger partial charge in [0, 0.05) is 33.3 Å². The first-order valence-corrected chi connectivity index (χ1v) is 9.43. The predicted molar refractivity (Wildman–Crippen MR) is 98.0 cm³/mol. The van der Waals surface area contributed by atoms with Crippen LogP contribution in [0.5, 0.6) is 0 Å². The van der Waals surface area contributed by atoms with E-state index in [4.69, 9.17) is 4.74 Å². The van der Waals surface area contributed by atoms with E-state index in [9.17, 15) is 4.79 Å². The molecule has 5 heteroatoms. The fourth-order valence-corrected chi connectivity index (χ4v) is 3.54. The molecule has 2 aliphatic rings. The highest BCUT2D eigenvalue weighted by molar-refractivity contribution is 5.79. The second-order valence-electron chi connectivity index (χ2n) is 7.55. The van der Waals surface area contributed by atoms with Crippen LogP contribution in [0.4, 0.5) is 0 Å². The molecule has 1 atom stereocenters. The van der Waals surface area contributed by atoms with Crippen LogP contribution in [0.2, 0.25) is 0 Å². The maximum absolute atomic E-state index is 12.4. The Labute approximate surface area is 147 Å². The van der Waals surface area contributed by atoms with Crippen LogP contribution in [0.25, 0.3) is 0 Å². The van der Waals surface area contributed by atoms with Crippen molar-refractivity contribution in [1.29, 1.82) is 0 Å². The molecule has 138 valence electrons. The minimum atomic E-state index is 0.166. The lowest BCUT2D eigenvalue weighted by Gasteiger charge is -2.31. The number of nitrogens with one attached hydrogen (secondary N) is 1. The lowest BCUT2D eigenvalue weighted by molar-refractivity contribution is -0.124. The van der Waals surface area contributed by atoms with E-state index in [2.05, 4.69) is 35.0 Å². The number of amides is 1. The molecule has 0 aromatic rings. The molecule has 0 saturated carbocycles. The molecule has 1 amide bonds. The van der Waals surface area contributed by atoms with Crippen molar-refractivity contribution in [3.63, 3.8) is 0 Å². The normalized spacial score (nSPS) is 23.4. The fraction of sp³-hybridized carbons (Fsp3) is 0.842. The van der Waals surface area contributed by atoms with E-state index in [0.29, 0.717) is 5.92 Å². The summed E-state index contributed by atoms with van der Waals surface area (Å²) in [5.41, 5.74) is 1.39. The number of nitrogens with zero attached hydrogens (tertiary/aromatic N) is 2. The average molecular weight is 338 g/mol. The Morgan fingerprint density at radius 2 is 1.88 bits per heavy atom. The third kappa shape index (κ3) is 6.54. The highest BCUT2D eigenvalue weighted by Crippen LogP contribution is 2.18. The monoisotopic (exact) mass is 337 g/mol. The topological polar surface area (TPSA) is 44.8 Å². The van der Waals surface area contributed by atoms with Crippen LogP contribution in [0.3, 0.4) is 0 Å². The molecule has 2 rings (SSSR count). The molecule has 24 heavy (non-hydrogen) atoms. The third-order valence-corrected chi connectivity index (χ3v) is 5.28. The summed E-state index contributed by atoms with van der Waals surface area (Å²) in [4.78, 5) is 17.2. The summed E-state index contributed by atoms with van der Waals surface area (Å²) in [7, 11) is 1.73. The third-order valence-electron chi connectivity index (χ3n) is 5.28. The van der Waals surface area contributed by atoms with Crippen molar-refractivity contribution in [3.05, 3.63) is 11.6 Å². The highest BCUT2D eigenvalue weighted by atomic mass is 16.5. The zero-order valence-corrected chi connectivity index (χ0v) is 15.7. The Hall–Kier alpha value is -0.910. The van der Waals surface area contributed by atoms with Crippen LogP contribution in [0.1, 0.15) is 33.1 Å². The molecule has 0 spiro atoms. The fourth-order valence-electron chi connectivity index (χ4n) is 3.54. The second kappa shape index (κ2) is 10.2. The number of rotatable bonds is 8. The largest absolute Gasteiger partial charge is 0.383 e. The lowest BCUT2D eigenvalue weighted by Crippen LogP contribution is -2.40. The Balaban J connectivity index is 1.60. The molecule has 0 aromatic carbocycles. The van der Waals surface area contributed by atoms with E-state index >= 15 is 0 Å². The molecule has 2 fully saturated rings. The van der Waals surface area contributed by atoms with Crippen molar-refractivity contribution in [2.45, 2.75) is 33.1 Å².